The minimum atomic E-state index is -0.218. The van der Waals surface area contributed by atoms with Gasteiger partial charge >= 0.3 is 0 Å². The second kappa shape index (κ2) is 9.41. The van der Waals surface area contributed by atoms with Gasteiger partial charge in [-0.1, -0.05) is 41.4 Å². The number of hydrogen-bond acceptors (Lipinski definition) is 4. The smallest absolute Gasteiger partial charge is 0.241 e. The van der Waals surface area contributed by atoms with Gasteiger partial charge in [-0.15, -0.1) is 0 Å². The van der Waals surface area contributed by atoms with Gasteiger partial charge in [0.2, 0.25) is 5.91 Å². The summed E-state index contributed by atoms with van der Waals surface area (Å²) >= 11 is 6.05. The fourth-order valence-electron chi connectivity index (χ4n) is 3.56. The van der Waals surface area contributed by atoms with Crippen molar-refractivity contribution in [3.05, 3.63) is 58.6 Å². The number of carbonyl (C=O) groups is 1. The number of methoxy groups -OCH3 is 1. The molecule has 0 unspecified atom stereocenters. The lowest BCUT2D eigenvalue weighted by Crippen LogP contribution is -2.52. The second-order valence-electron chi connectivity index (χ2n) is 7.31. The predicted molar refractivity (Wildman–Crippen MR) is 114 cm³/mol. The van der Waals surface area contributed by atoms with Crippen molar-refractivity contribution in [3.63, 3.8) is 0 Å². The number of carbonyl (C=O) groups excluding carboxylic acids is 1. The minimum absolute atomic E-state index is 0.0484. The van der Waals surface area contributed by atoms with Crippen LogP contribution in [-0.4, -0.2) is 55.0 Å². The third-order valence-corrected chi connectivity index (χ3v) is 5.48. The van der Waals surface area contributed by atoms with Crippen LogP contribution in [0.25, 0.3) is 0 Å². The topological polar surface area (TPSA) is 44.8 Å². The largest absolute Gasteiger partial charge is 0.495 e. The van der Waals surface area contributed by atoms with Crippen LogP contribution < -0.4 is 10.1 Å². The summed E-state index contributed by atoms with van der Waals surface area (Å²) in [6.45, 7) is 8.66. The summed E-state index contributed by atoms with van der Waals surface area (Å²) in [5, 5.41) is 3.52. The zero-order valence-corrected chi connectivity index (χ0v) is 17.5. The molecule has 2 aromatic carbocycles. The normalized spacial score (nSPS) is 16.6. The van der Waals surface area contributed by atoms with E-state index >= 15 is 0 Å². The van der Waals surface area contributed by atoms with E-state index in [0.29, 0.717) is 16.5 Å². The molecule has 1 fully saturated rings. The van der Waals surface area contributed by atoms with E-state index in [1.165, 1.54) is 11.1 Å². The lowest BCUT2D eigenvalue weighted by molar-refractivity contribution is -0.121. The molecule has 0 spiro atoms. The highest BCUT2D eigenvalue weighted by molar-refractivity contribution is 6.31. The SMILES string of the molecule is COc1ccc(Cl)cc1NC(=O)[C@@H](C)N1CCN(Cc2cccc(C)c2)CC1. The first-order valence-electron chi connectivity index (χ1n) is 9.62. The van der Waals surface area contributed by atoms with Crippen LogP contribution in [0, 0.1) is 6.92 Å². The van der Waals surface area contributed by atoms with Crippen molar-refractivity contribution < 1.29 is 9.53 Å². The molecular formula is C22H28ClN3O2. The Morgan fingerprint density at radius 1 is 1.18 bits per heavy atom. The van der Waals surface area contributed by atoms with Gasteiger partial charge in [-0.05, 0) is 37.6 Å². The second-order valence-corrected chi connectivity index (χ2v) is 7.75. The van der Waals surface area contributed by atoms with Gasteiger partial charge in [-0.25, -0.2) is 0 Å². The van der Waals surface area contributed by atoms with Gasteiger partial charge < -0.3 is 10.1 Å². The Bertz CT molecular complexity index is 819. The Morgan fingerprint density at radius 3 is 2.61 bits per heavy atom. The number of nitrogens with zero attached hydrogens (tertiary/aromatic N) is 2. The van der Waals surface area contributed by atoms with Gasteiger partial charge in [-0.3, -0.25) is 14.6 Å². The first-order valence-corrected chi connectivity index (χ1v) is 10.0. The molecule has 6 heteroatoms. The van der Waals surface area contributed by atoms with Crippen molar-refractivity contribution in [3.8, 4) is 5.75 Å². The van der Waals surface area contributed by atoms with Crippen LogP contribution in [0.15, 0.2) is 42.5 Å². The number of benzene rings is 2. The van der Waals surface area contributed by atoms with E-state index in [1.54, 1.807) is 25.3 Å². The van der Waals surface area contributed by atoms with Crippen LogP contribution in [0.2, 0.25) is 5.02 Å². The standard InChI is InChI=1S/C22H28ClN3O2/c1-16-5-4-6-18(13-16)15-25-9-11-26(12-10-25)17(2)22(27)24-20-14-19(23)7-8-21(20)28-3/h4-8,13-14,17H,9-12,15H2,1-3H3,(H,24,27)/t17-/m1/s1. The average molecular weight is 402 g/mol. The van der Waals surface area contributed by atoms with Crippen LogP contribution in [0.5, 0.6) is 5.75 Å². The molecule has 1 saturated heterocycles. The molecule has 28 heavy (non-hydrogen) atoms. The van der Waals surface area contributed by atoms with Gasteiger partial charge in [0, 0.05) is 37.7 Å². The molecule has 1 atom stereocenters. The maximum atomic E-state index is 12.7. The maximum absolute atomic E-state index is 12.7. The maximum Gasteiger partial charge on any atom is 0.241 e. The zero-order chi connectivity index (χ0) is 20.1. The molecule has 1 aliphatic rings. The highest BCUT2D eigenvalue weighted by atomic mass is 35.5. The summed E-state index contributed by atoms with van der Waals surface area (Å²) < 4.78 is 5.31. The Balaban J connectivity index is 1.54. The molecule has 1 aliphatic heterocycles. The Labute approximate surface area is 172 Å². The molecule has 1 N–H and O–H groups in total. The third-order valence-electron chi connectivity index (χ3n) is 5.24. The summed E-state index contributed by atoms with van der Waals surface area (Å²) in [4.78, 5) is 17.4. The summed E-state index contributed by atoms with van der Waals surface area (Å²) in [7, 11) is 1.58. The lowest BCUT2D eigenvalue weighted by atomic mass is 10.1. The van der Waals surface area contributed by atoms with Crippen LogP contribution in [0.3, 0.4) is 0 Å². The van der Waals surface area contributed by atoms with Gasteiger partial charge in [0.1, 0.15) is 5.75 Å². The molecule has 150 valence electrons. The fraction of sp³-hybridized carbons (Fsp3) is 0.409. The number of piperazine rings is 1. The van der Waals surface area contributed by atoms with Crippen LogP contribution >= 0.6 is 11.6 Å². The Hall–Kier alpha value is -2.08. The van der Waals surface area contributed by atoms with E-state index in [2.05, 4.69) is 46.3 Å². The first kappa shape index (κ1) is 20.6. The number of rotatable bonds is 6. The van der Waals surface area contributed by atoms with E-state index in [0.717, 1.165) is 32.7 Å². The number of anilines is 1. The first-order chi connectivity index (χ1) is 13.5. The number of hydrogen-bond donors (Lipinski definition) is 1. The average Bonchev–Trinajstić information content (AvgIpc) is 2.68. The molecule has 0 bridgehead atoms. The van der Waals surface area contributed by atoms with E-state index in [-0.39, 0.29) is 11.9 Å². The van der Waals surface area contributed by atoms with Crippen molar-refractivity contribution in [1.82, 2.24) is 9.80 Å². The molecule has 5 nitrogen and oxygen atoms in total. The zero-order valence-electron chi connectivity index (χ0n) is 16.7. The molecule has 1 amide bonds. The number of amides is 1. The van der Waals surface area contributed by atoms with Gasteiger partial charge in [0.25, 0.3) is 0 Å². The monoisotopic (exact) mass is 401 g/mol. The summed E-state index contributed by atoms with van der Waals surface area (Å²) in [5.41, 5.74) is 3.23. The molecule has 2 aromatic rings. The quantitative estimate of drug-likeness (QED) is 0.799. The molecule has 3 rings (SSSR count). The number of ether oxygens (including phenoxy) is 1. The fourth-order valence-corrected chi connectivity index (χ4v) is 3.73. The molecule has 1 heterocycles. The van der Waals surface area contributed by atoms with E-state index < -0.39 is 0 Å². The van der Waals surface area contributed by atoms with E-state index in [1.807, 2.05) is 6.92 Å². The third kappa shape index (κ3) is 5.25. The van der Waals surface area contributed by atoms with Crippen LogP contribution in [-0.2, 0) is 11.3 Å². The van der Waals surface area contributed by atoms with E-state index in [9.17, 15) is 4.79 Å². The summed E-state index contributed by atoms with van der Waals surface area (Å²) in [6.07, 6.45) is 0. The number of halogens is 1. The lowest BCUT2D eigenvalue weighted by Gasteiger charge is -2.37. The number of nitrogens with one attached hydrogen (secondary N) is 1. The highest BCUT2D eigenvalue weighted by Gasteiger charge is 2.26. The van der Waals surface area contributed by atoms with Crippen molar-refractivity contribution >= 4 is 23.2 Å². The van der Waals surface area contributed by atoms with Crippen molar-refractivity contribution in [1.29, 1.82) is 0 Å². The number of aryl methyl sites for hydroxylation is 1. The van der Waals surface area contributed by atoms with Crippen LogP contribution in [0.4, 0.5) is 5.69 Å². The van der Waals surface area contributed by atoms with Crippen molar-refractivity contribution in [2.45, 2.75) is 26.4 Å². The summed E-state index contributed by atoms with van der Waals surface area (Å²) in [5.74, 6) is 0.556. The Kier molecular flexibility index (Phi) is 6.94. The molecule has 0 aromatic heterocycles. The Morgan fingerprint density at radius 2 is 1.93 bits per heavy atom. The summed E-state index contributed by atoms with van der Waals surface area (Å²) in [6, 6.07) is 13.6. The molecule has 0 saturated carbocycles. The van der Waals surface area contributed by atoms with Gasteiger partial charge in [0.05, 0.1) is 18.8 Å². The molecule has 0 radical (unpaired) electrons. The van der Waals surface area contributed by atoms with Gasteiger partial charge in [-0.2, -0.15) is 0 Å². The van der Waals surface area contributed by atoms with Crippen molar-refractivity contribution in [2.24, 2.45) is 0 Å². The van der Waals surface area contributed by atoms with E-state index in [4.69, 9.17) is 16.3 Å². The highest BCUT2D eigenvalue weighted by Crippen LogP contribution is 2.28. The predicted octanol–water partition coefficient (Wildman–Crippen LogP) is 3.80. The van der Waals surface area contributed by atoms with Crippen LogP contribution in [0.1, 0.15) is 18.1 Å². The molecule has 0 aliphatic carbocycles. The van der Waals surface area contributed by atoms with Crippen molar-refractivity contribution in [2.75, 3.05) is 38.6 Å². The van der Waals surface area contributed by atoms with Gasteiger partial charge in [0.15, 0.2) is 0 Å². The minimum Gasteiger partial charge on any atom is -0.495 e. The molecular weight excluding hydrogens is 374 g/mol.